The zero-order valence-corrected chi connectivity index (χ0v) is 13.5. The van der Waals surface area contributed by atoms with Gasteiger partial charge in [0.1, 0.15) is 12.1 Å². The number of aliphatic carboxylic acids is 1. The maximum absolute atomic E-state index is 12.3. The highest BCUT2D eigenvalue weighted by molar-refractivity contribution is 5.95. The summed E-state index contributed by atoms with van der Waals surface area (Å²) in [4.78, 5) is 22.9. The highest BCUT2D eigenvalue weighted by Crippen LogP contribution is 2.30. The lowest BCUT2D eigenvalue weighted by atomic mass is 10.0. The second kappa shape index (κ2) is 6.08. The van der Waals surface area contributed by atoms with Gasteiger partial charge in [-0.25, -0.2) is 0 Å². The number of amides is 1. The van der Waals surface area contributed by atoms with E-state index in [1.165, 1.54) is 22.0 Å². The summed E-state index contributed by atoms with van der Waals surface area (Å²) in [6.45, 7) is -0.243. The lowest BCUT2D eigenvalue weighted by molar-refractivity contribution is -0.137. The van der Waals surface area contributed by atoms with Gasteiger partial charge in [0.15, 0.2) is 5.82 Å². The molecular formula is C18H17N3O4. The molecule has 0 atom stereocenters. The Balaban J connectivity index is 1.48. The minimum Gasteiger partial charge on any atom is -0.480 e. The number of rotatable bonds is 5. The zero-order valence-electron chi connectivity index (χ0n) is 13.5. The summed E-state index contributed by atoms with van der Waals surface area (Å²) >= 11 is 0. The molecule has 4 rings (SSSR count). The summed E-state index contributed by atoms with van der Waals surface area (Å²) in [5.74, 6) is -0.873. The molecule has 0 saturated carbocycles. The molecule has 0 saturated heterocycles. The van der Waals surface area contributed by atoms with Gasteiger partial charge in [-0.1, -0.05) is 0 Å². The Bertz CT molecular complexity index is 970. The van der Waals surface area contributed by atoms with Crippen LogP contribution in [0.3, 0.4) is 0 Å². The molecule has 1 amide bonds. The molecule has 1 aliphatic rings. The molecule has 0 spiro atoms. The van der Waals surface area contributed by atoms with Crippen LogP contribution < -0.4 is 5.32 Å². The predicted octanol–water partition coefficient (Wildman–Crippen LogP) is 2.38. The van der Waals surface area contributed by atoms with Crippen LogP contribution in [0.1, 0.15) is 23.1 Å². The van der Waals surface area contributed by atoms with Crippen molar-refractivity contribution in [1.29, 1.82) is 0 Å². The lowest BCUT2D eigenvalue weighted by Gasteiger charge is -2.02. The number of aromatic nitrogens is 2. The molecule has 0 aliphatic heterocycles. The first-order valence-electron chi connectivity index (χ1n) is 8.15. The molecule has 7 nitrogen and oxygen atoms in total. The number of carbonyl (C=O) groups is 2. The molecule has 2 heterocycles. The van der Waals surface area contributed by atoms with Crippen molar-refractivity contribution in [3.05, 3.63) is 47.3 Å². The quantitative estimate of drug-likeness (QED) is 0.744. The first-order valence-corrected chi connectivity index (χ1v) is 8.15. The fourth-order valence-electron chi connectivity index (χ4n) is 3.30. The lowest BCUT2D eigenvalue weighted by Crippen LogP contribution is -2.15. The Morgan fingerprint density at radius 1 is 1.28 bits per heavy atom. The third-order valence-corrected chi connectivity index (χ3v) is 4.42. The fraction of sp³-hybridized carbons (Fsp3) is 0.278. The van der Waals surface area contributed by atoms with Crippen LogP contribution in [-0.4, -0.2) is 26.8 Å². The maximum atomic E-state index is 12.3. The van der Waals surface area contributed by atoms with E-state index < -0.39 is 5.97 Å². The second-order valence-electron chi connectivity index (χ2n) is 6.25. The van der Waals surface area contributed by atoms with Crippen molar-refractivity contribution in [1.82, 2.24) is 9.78 Å². The van der Waals surface area contributed by atoms with Crippen molar-refractivity contribution in [3.8, 4) is 0 Å². The number of benzene rings is 1. The van der Waals surface area contributed by atoms with Gasteiger partial charge >= 0.3 is 5.97 Å². The van der Waals surface area contributed by atoms with Gasteiger partial charge in [0, 0.05) is 23.2 Å². The second-order valence-corrected chi connectivity index (χ2v) is 6.25. The van der Waals surface area contributed by atoms with Crippen molar-refractivity contribution in [2.24, 2.45) is 0 Å². The third-order valence-electron chi connectivity index (χ3n) is 4.42. The average Bonchev–Trinajstić information content (AvgIpc) is 3.26. The number of nitrogens with zero attached hydrogens (tertiary/aromatic N) is 2. The van der Waals surface area contributed by atoms with Gasteiger partial charge in [-0.3, -0.25) is 14.3 Å². The van der Waals surface area contributed by atoms with Gasteiger partial charge in [0.05, 0.1) is 12.7 Å². The highest BCUT2D eigenvalue weighted by atomic mass is 16.4. The average molecular weight is 339 g/mol. The van der Waals surface area contributed by atoms with Crippen molar-refractivity contribution in [2.45, 2.75) is 32.2 Å². The van der Waals surface area contributed by atoms with Crippen LogP contribution in [-0.2, 0) is 35.4 Å². The topological polar surface area (TPSA) is 97.4 Å². The monoisotopic (exact) mass is 339 g/mol. The van der Waals surface area contributed by atoms with E-state index in [2.05, 4.69) is 22.5 Å². The van der Waals surface area contributed by atoms with Crippen LogP contribution in [0.5, 0.6) is 0 Å². The van der Waals surface area contributed by atoms with E-state index in [0.29, 0.717) is 5.82 Å². The van der Waals surface area contributed by atoms with Crippen LogP contribution in [0.4, 0.5) is 5.82 Å². The van der Waals surface area contributed by atoms with E-state index in [0.717, 1.165) is 35.8 Å². The molecular weight excluding hydrogens is 322 g/mol. The molecule has 25 heavy (non-hydrogen) atoms. The number of nitrogens with one attached hydrogen (secondary N) is 1. The molecule has 3 aromatic rings. The van der Waals surface area contributed by atoms with Crippen LogP contribution in [0.25, 0.3) is 11.0 Å². The minimum atomic E-state index is -0.988. The van der Waals surface area contributed by atoms with Crippen LogP contribution in [0, 0.1) is 0 Å². The Hall–Kier alpha value is -3.09. The first kappa shape index (κ1) is 15.4. The number of furan rings is 1. The molecule has 0 unspecified atom stereocenters. The van der Waals surface area contributed by atoms with E-state index in [1.54, 1.807) is 12.3 Å². The molecule has 2 aromatic heterocycles. The van der Waals surface area contributed by atoms with Crippen molar-refractivity contribution >= 4 is 28.7 Å². The summed E-state index contributed by atoms with van der Waals surface area (Å²) < 4.78 is 6.87. The number of carboxylic acid groups (broad SMARTS) is 1. The normalized spacial score (nSPS) is 13.1. The number of carbonyl (C=O) groups excluding carboxylic acids is 1. The van der Waals surface area contributed by atoms with Crippen LogP contribution >= 0.6 is 0 Å². The summed E-state index contributed by atoms with van der Waals surface area (Å²) in [6.07, 6.45) is 6.64. The fourth-order valence-corrected chi connectivity index (χ4v) is 3.30. The van der Waals surface area contributed by atoms with Crippen molar-refractivity contribution in [2.75, 3.05) is 5.32 Å². The standard InChI is InChI=1S/C18H17N3O4/c22-17(19-16-4-5-21(20-16)9-18(23)24)8-13-10-25-15-7-12-3-1-2-11(12)6-14(13)15/h4-7,10H,1-3,8-9H2,(H,23,24)(H,19,20,22). The molecule has 2 N–H and O–H groups in total. The first-order chi connectivity index (χ1) is 12.1. The summed E-state index contributed by atoms with van der Waals surface area (Å²) in [5.41, 5.74) is 4.33. The molecule has 7 heteroatoms. The molecule has 0 radical (unpaired) electrons. The molecule has 128 valence electrons. The molecule has 0 bridgehead atoms. The largest absolute Gasteiger partial charge is 0.480 e. The number of aryl methyl sites for hydroxylation is 2. The van der Waals surface area contributed by atoms with Gasteiger partial charge in [0.2, 0.25) is 5.91 Å². The predicted molar refractivity (Wildman–Crippen MR) is 90.4 cm³/mol. The Morgan fingerprint density at radius 2 is 2.08 bits per heavy atom. The van der Waals surface area contributed by atoms with Crippen LogP contribution in [0.15, 0.2) is 35.1 Å². The summed E-state index contributed by atoms with van der Waals surface area (Å²) in [6, 6.07) is 5.78. The number of anilines is 1. The molecule has 0 fully saturated rings. The zero-order chi connectivity index (χ0) is 17.4. The Labute approximate surface area is 143 Å². The van der Waals surface area contributed by atoms with Gasteiger partial charge in [0.25, 0.3) is 0 Å². The van der Waals surface area contributed by atoms with E-state index in [9.17, 15) is 9.59 Å². The van der Waals surface area contributed by atoms with E-state index in [-0.39, 0.29) is 18.9 Å². The van der Waals surface area contributed by atoms with E-state index in [1.807, 2.05) is 0 Å². The van der Waals surface area contributed by atoms with Gasteiger partial charge in [-0.05, 0) is 42.5 Å². The van der Waals surface area contributed by atoms with Gasteiger partial charge < -0.3 is 14.8 Å². The number of carboxylic acids is 1. The highest BCUT2D eigenvalue weighted by Gasteiger charge is 2.17. The van der Waals surface area contributed by atoms with E-state index in [4.69, 9.17) is 9.52 Å². The number of hydrogen-bond donors (Lipinski definition) is 2. The van der Waals surface area contributed by atoms with Crippen LogP contribution in [0.2, 0.25) is 0 Å². The van der Waals surface area contributed by atoms with Crippen molar-refractivity contribution < 1.29 is 19.1 Å². The van der Waals surface area contributed by atoms with E-state index >= 15 is 0 Å². The number of fused-ring (bicyclic) bond motifs is 2. The smallest absolute Gasteiger partial charge is 0.325 e. The number of hydrogen-bond acceptors (Lipinski definition) is 4. The maximum Gasteiger partial charge on any atom is 0.325 e. The Kier molecular flexibility index (Phi) is 3.76. The van der Waals surface area contributed by atoms with Gasteiger partial charge in [-0.15, -0.1) is 0 Å². The summed E-state index contributed by atoms with van der Waals surface area (Å²) in [7, 11) is 0. The summed E-state index contributed by atoms with van der Waals surface area (Å²) in [5, 5.41) is 16.4. The molecule has 1 aromatic carbocycles. The van der Waals surface area contributed by atoms with Gasteiger partial charge in [-0.2, -0.15) is 5.10 Å². The minimum absolute atomic E-state index is 0.178. The Morgan fingerprint density at radius 3 is 2.88 bits per heavy atom. The SMILES string of the molecule is O=C(O)Cn1ccc(NC(=O)Cc2coc3cc4c(cc23)CCC4)n1. The van der Waals surface area contributed by atoms with Crippen molar-refractivity contribution in [3.63, 3.8) is 0 Å². The third kappa shape index (κ3) is 3.13. The molecule has 1 aliphatic carbocycles.